The Morgan fingerprint density at radius 3 is 0.969 bits per heavy atom. The third kappa shape index (κ3) is 50.7. The summed E-state index contributed by atoms with van der Waals surface area (Å²) in [6.45, 7) is 6.29. The van der Waals surface area contributed by atoms with Crippen LogP contribution in [-0.4, -0.2) is 37.2 Å². The normalized spacial score (nSPS) is 13.1. The lowest BCUT2D eigenvalue weighted by Gasteiger charge is -2.18. The molecular weight excluding hydrogens is 805 g/mol. The topological polar surface area (TPSA) is 78.9 Å². The Morgan fingerprint density at radius 2 is 0.600 bits per heavy atom. The van der Waals surface area contributed by atoms with E-state index in [0.717, 1.165) is 148 Å². The summed E-state index contributed by atoms with van der Waals surface area (Å²) in [5.74, 6) is -0.980. The zero-order valence-corrected chi connectivity index (χ0v) is 41.7. The minimum atomic E-state index is -0.810. The number of carbonyl (C=O) groups excluding carboxylic acids is 3. The molecule has 0 aromatic heterocycles. The van der Waals surface area contributed by atoms with E-state index >= 15 is 0 Å². The maximum atomic E-state index is 12.8. The number of rotatable bonds is 45. The summed E-state index contributed by atoms with van der Waals surface area (Å²) in [7, 11) is 0. The number of hydrogen-bond acceptors (Lipinski definition) is 6. The number of allylic oxidation sites excluding steroid dienone is 20. The van der Waals surface area contributed by atoms with Crippen molar-refractivity contribution in [2.75, 3.05) is 13.2 Å². The maximum Gasteiger partial charge on any atom is 0.306 e. The van der Waals surface area contributed by atoms with Crippen molar-refractivity contribution in [2.24, 2.45) is 0 Å². The van der Waals surface area contributed by atoms with Crippen molar-refractivity contribution in [1.82, 2.24) is 0 Å². The van der Waals surface area contributed by atoms with Gasteiger partial charge in [-0.25, -0.2) is 0 Å². The zero-order valence-electron chi connectivity index (χ0n) is 41.7. The van der Waals surface area contributed by atoms with Crippen molar-refractivity contribution < 1.29 is 28.6 Å². The third-order valence-electron chi connectivity index (χ3n) is 10.4. The first kappa shape index (κ1) is 60.8. The second kappa shape index (κ2) is 52.4. The van der Waals surface area contributed by atoms with Crippen molar-refractivity contribution in [1.29, 1.82) is 0 Å². The summed E-state index contributed by atoms with van der Waals surface area (Å²) in [4.78, 5) is 37.9. The Labute approximate surface area is 399 Å². The summed E-state index contributed by atoms with van der Waals surface area (Å²) < 4.78 is 16.7. The first-order chi connectivity index (χ1) is 32.0. The molecule has 1 unspecified atom stereocenters. The van der Waals surface area contributed by atoms with Gasteiger partial charge in [0.2, 0.25) is 0 Å². The van der Waals surface area contributed by atoms with Gasteiger partial charge in [0.1, 0.15) is 13.2 Å². The van der Waals surface area contributed by atoms with Gasteiger partial charge in [-0.05, 0) is 122 Å². The van der Waals surface area contributed by atoms with Crippen LogP contribution in [0.1, 0.15) is 213 Å². The molecular formula is C59H94O6. The van der Waals surface area contributed by atoms with Crippen LogP contribution in [0.25, 0.3) is 0 Å². The lowest BCUT2D eigenvalue weighted by molar-refractivity contribution is -0.167. The lowest BCUT2D eigenvalue weighted by Crippen LogP contribution is -2.30. The van der Waals surface area contributed by atoms with Gasteiger partial charge in [-0.3, -0.25) is 14.4 Å². The van der Waals surface area contributed by atoms with E-state index in [0.29, 0.717) is 12.8 Å². The zero-order chi connectivity index (χ0) is 47.2. The Kier molecular flexibility index (Phi) is 49.1. The van der Waals surface area contributed by atoms with Gasteiger partial charge in [0.25, 0.3) is 0 Å². The average molecular weight is 899 g/mol. The first-order valence-electron chi connectivity index (χ1n) is 26.0. The smallest absolute Gasteiger partial charge is 0.306 e. The van der Waals surface area contributed by atoms with Crippen LogP contribution in [0.2, 0.25) is 0 Å². The molecule has 366 valence electrons. The predicted octanol–water partition coefficient (Wildman–Crippen LogP) is 17.3. The summed E-state index contributed by atoms with van der Waals surface area (Å²) in [5, 5.41) is 0. The molecule has 0 amide bonds. The van der Waals surface area contributed by atoms with E-state index in [2.05, 4.69) is 142 Å². The molecule has 0 aliphatic carbocycles. The molecule has 1 atom stereocenters. The minimum absolute atomic E-state index is 0.106. The Hall–Kier alpha value is -4.19. The van der Waals surface area contributed by atoms with E-state index in [1.807, 2.05) is 0 Å². The highest BCUT2D eigenvalue weighted by Gasteiger charge is 2.19. The molecule has 0 aliphatic rings. The van der Waals surface area contributed by atoms with Crippen LogP contribution in [-0.2, 0) is 28.6 Å². The van der Waals surface area contributed by atoms with Crippen LogP contribution in [0, 0.1) is 0 Å². The molecule has 0 rings (SSSR count). The highest BCUT2D eigenvalue weighted by molar-refractivity contribution is 5.71. The Morgan fingerprint density at radius 1 is 0.323 bits per heavy atom. The molecule has 0 aromatic rings. The van der Waals surface area contributed by atoms with Gasteiger partial charge in [0.15, 0.2) is 6.10 Å². The summed E-state index contributed by atoms with van der Waals surface area (Å²) in [6, 6.07) is 0. The van der Waals surface area contributed by atoms with Crippen molar-refractivity contribution in [3.8, 4) is 0 Å². The molecule has 65 heavy (non-hydrogen) atoms. The van der Waals surface area contributed by atoms with E-state index in [9.17, 15) is 14.4 Å². The van der Waals surface area contributed by atoms with Crippen LogP contribution < -0.4 is 0 Å². The summed E-state index contributed by atoms with van der Waals surface area (Å²) in [6.07, 6.45) is 71.9. The average Bonchev–Trinajstić information content (AvgIpc) is 3.30. The quantitative estimate of drug-likeness (QED) is 0.0262. The molecule has 0 aliphatic heterocycles. The minimum Gasteiger partial charge on any atom is -0.462 e. The maximum absolute atomic E-state index is 12.8. The number of hydrogen-bond donors (Lipinski definition) is 0. The van der Waals surface area contributed by atoms with Crippen LogP contribution in [0.5, 0.6) is 0 Å². The molecule has 0 aromatic carbocycles. The third-order valence-corrected chi connectivity index (χ3v) is 10.4. The van der Waals surface area contributed by atoms with Crippen molar-refractivity contribution in [3.63, 3.8) is 0 Å². The van der Waals surface area contributed by atoms with E-state index in [4.69, 9.17) is 14.2 Å². The van der Waals surface area contributed by atoms with Gasteiger partial charge >= 0.3 is 17.9 Å². The van der Waals surface area contributed by atoms with Crippen LogP contribution in [0.15, 0.2) is 122 Å². The number of ether oxygens (including phenoxy) is 3. The van der Waals surface area contributed by atoms with Gasteiger partial charge in [-0.2, -0.15) is 0 Å². The Balaban J connectivity index is 4.43. The molecule has 6 heteroatoms. The van der Waals surface area contributed by atoms with Crippen LogP contribution >= 0.6 is 0 Å². The molecule has 0 spiro atoms. The number of carbonyl (C=O) groups is 3. The first-order valence-corrected chi connectivity index (χ1v) is 26.0. The van der Waals surface area contributed by atoms with Gasteiger partial charge < -0.3 is 14.2 Å². The van der Waals surface area contributed by atoms with Gasteiger partial charge in [0.05, 0.1) is 0 Å². The standard InChI is InChI=1S/C59H94O6/c1-4-7-10-13-16-19-22-24-25-26-27-28-29-30-31-32-33-35-37-40-43-46-49-52-58(61)64-55-56(54-63-57(60)51-48-45-42-39-36-21-18-15-12-9-6-3)65-59(62)53-50-47-44-41-38-34-23-20-17-14-11-8-5-2/h7-8,10-11,15-20,24-25,27-28,30-31,33-35,38,56H,4-6,9,12-14,21-23,26,29,32,36-37,39-55H2,1-3H3/b10-7-,11-8-,18-15-,19-16-,20-17-,25-24-,28-27-,31-30-,35-33-,38-34-. The number of esters is 3. The summed E-state index contributed by atoms with van der Waals surface area (Å²) >= 11 is 0. The molecule has 0 fully saturated rings. The highest BCUT2D eigenvalue weighted by atomic mass is 16.6. The van der Waals surface area contributed by atoms with Crippen molar-refractivity contribution in [3.05, 3.63) is 122 Å². The predicted molar refractivity (Wildman–Crippen MR) is 279 cm³/mol. The lowest BCUT2D eigenvalue weighted by atomic mass is 10.1. The molecule has 0 saturated heterocycles. The second-order valence-corrected chi connectivity index (χ2v) is 16.7. The van der Waals surface area contributed by atoms with Crippen molar-refractivity contribution in [2.45, 2.75) is 219 Å². The van der Waals surface area contributed by atoms with Crippen molar-refractivity contribution >= 4 is 17.9 Å². The monoisotopic (exact) mass is 899 g/mol. The van der Waals surface area contributed by atoms with Crippen LogP contribution in [0.4, 0.5) is 0 Å². The Bertz CT molecular complexity index is 1400. The second-order valence-electron chi connectivity index (χ2n) is 16.7. The van der Waals surface area contributed by atoms with Gasteiger partial charge in [-0.15, -0.1) is 0 Å². The molecule has 0 radical (unpaired) electrons. The SMILES string of the molecule is CC/C=C\C/C=C\C/C=C\C/C=C\C/C=C\C/C=C\CCCCCCC(=O)OCC(COC(=O)CCCCCCC/C=C\CCCC)OC(=O)CCCCC/C=C\C/C=C\C/C=C\CC. The molecule has 0 saturated carbocycles. The van der Waals surface area contributed by atoms with E-state index in [-0.39, 0.29) is 37.5 Å². The number of unbranched alkanes of at least 4 members (excludes halogenated alkanes) is 14. The van der Waals surface area contributed by atoms with Gasteiger partial charge in [0, 0.05) is 19.3 Å². The van der Waals surface area contributed by atoms with Crippen LogP contribution in [0.3, 0.4) is 0 Å². The van der Waals surface area contributed by atoms with E-state index < -0.39 is 6.10 Å². The fourth-order valence-corrected chi connectivity index (χ4v) is 6.56. The summed E-state index contributed by atoms with van der Waals surface area (Å²) in [5.41, 5.74) is 0. The fourth-order valence-electron chi connectivity index (χ4n) is 6.56. The molecule has 0 heterocycles. The molecule has 6 nitrogen and oxygen atoms in total. The molecule has 0 N–H and O–H groups in total. The van der Waals surface area contributed by atoms with E-state index in [1.165, 1.54) is 25.7 Å². The van der Waals surface area contributed by atoms with E-state index in [1.54, 1.807) is 0 Å². The fraction of sp³-hybridized carbons (Fsp3) is 0.610. The highest BCUT2D eigenvalue weighted by Crippen LogP contribution is 2.12. The largest absolute Gasteiger partial charge is 0.462 e. The van der Waals surface area contributed by atoms with Gasteiger partial charge in [-0.1, -0.05) is 194 Å². The molecule has 0 bridgehead atoms.